The summed E-state index contributed by atoms with van der Waals surface area (Å²) in [6.07, 6.45) is 1.63. The first-order valence-electron chi connectivity index (χ1n) is 7.55. The molecule has 126 valence electrons. The molecule has 0 aromatic heterocycles. The number of rotatable bonds is 6. The fourth-order valence-electron chi connectivity index (χ4n) is 2.51. The van der Waals surface area contributed by atoms with Gasteiger partial charge in [-0.2, -0.15) is 0 Å². The molecular formula is C17H18N2O4S. The van der Waals surface area contributed by atoms with Crippen molar-refractivity contribution in [2.75, 3.05) is 0 Å². The van der Waals surface area contributed by atoms with Crippen LogP contribution in [-0.4, -0.2) is 25.5 Å². The van der Waals surface area contributed by atoms with Crippen molar-refractivity contribution in [3.63, 3.8) is 0 Å². The predicted molar refractivity (Wildman–Crippen MR) is 88.4 cm³/mol. The molecule has 2 aromatic rings. The number of sulfonamides is 1. The maximum Gasteiger partial charge on any atom is 0.258 e. The van der Waals surface area contributed by atoms with E-state index in [1.807, 2.05) is 0 Å². The van der Waals surface area contributed by atoms with Crippen molar-refractivity contribution in [2.45, 2.75) is 29.4 Å². The van der Waals surface area contributed by atoms with Gasteiger partial charge in [0.2, 0.25) is 10.0 Å². The molecule has 0 bridgehead atoms. The molecule has 7 heteroatoms. The van der Waals surface area contributed by atoms with Gasteiger partial charge < -0.3 is 10.8 Å². The van der Waals surface area contributed by atoms with Crippen LogP contribution in [0, 0.1) is 0 Å². The fraction of sp³-hybridized carbons (Fsp3) is 0.235. The van der Waals surface area contributed by atoms with E-state index in [4.69, 9.17) is 5.73 Å². The Morgan fingerprint density at radius 2 is 1.71 bits per heavy atom. The number of amides is 1. The zero-order chi connectivity index (χ0) is 17.4. The van der Waals surface area contributed by atoms with Crippen molar-refractivity contribution >= 4 is 15.9 Å². The molecule has 24 heavy (non-hydrogen) atoms. The van der Waals surface area contributed by atoms with Crippen LogP contribution in [-0.2, 0) is 20.4 Å². The third-order valence-corrected chi connectivity index (χ3v) is 5.53. The Labute approximate surface area is 140 Å². The van der Waals surface area contributed by atoms with E-state index in [1.165, 1.54) is 24.3 Å². The third kappa shape index (κ3) is 3.06. The quantitative estimate of drug-likeness (QED) is 0.720. The van der Waals surface area contributed by atoms with Gasteiger partial charge in [0.1, 0.15) is 0 Å². The topological polar surface area (TPSA) is 109 Å². The first-order chi connectivity index (χ1) is 11.3. The number of aliphatic hydroxyl groups is 1. The summed E-state index contributed by atoms with van der Waals surface area (Å²) in [5.74, 6) is -0.974. The molecule has 3 rings (SSSR count). The van der Waals surface area contributed by atoms with Gasteiger partial charge in [0.05, 0.1) is 4.90 Å². The maximum absolute atomic E-state index is 12.4. The molecule has 0 radical (unpaired) electrons. The number of hydrogen-bond donors (Lipinski definition) is 3. The second kappa shape index (κ2) is 6.01. The number of carbonyl (C=O) groups excluding carboxylic acids is 1. The minimum atomic E-state index is -3.70. The number of hydrogen-bond acceptors (Lipinski definition) is 4. The van der Waals surface area contributed by atoms with E-state index >= 15 is 0 Å². The van der Waals surface area contributed by atoms with Crippen molar-refractivity contribution in [1.29, 1.82) is 0 Å². The molecule has 1 amide bonds. The average molecular weight is 346 g/mol. The van der Waals surface area contributed by atoms with Crippen LogP contribution in [0.15, 0.2) is 59.5 Å². The number of primary amides is 1. The Morgan fingerprint density at radius 1 is 1.08 bits per heavy atom. The lowest BCUT2D eigenvalue weighted by Gasteiger charge is -2.26. The summed E-state index contributed by atoms with van der Waals surface area (Å²) in [6, 6.07) is 13.8. The van der Waals surface area contributed by atoms with Gasteiger partial charge in [0.25, 0.3) is 5.91 Å². The second-order valence-electron chi connectivity index (χ2n) is 5.86. The molecule has 0 saturated heterocycles. The number of benzene rings is 2. The fourth-order valence-corrected chi connectivity index (χ4v) is 3.86. The van der Waals surface area contributed by atoms with Crippen molar-refractivity contribution < 1.29 is 18.3 Å². The Morgan fingerprint density at radius 3 is 2.29 bits per heavy atom. The molecule has 6 nitrogen and oxygen atoms in total. The van der Waals surface area contributed by atoms with Gasteiger partial charge >= 0.3 is 0 Å². The minimum absolute atomic E-state index is 0.0116. The lowest BCUT2D eigenvalue weighted by Crippen LogP contribution is -2.42. The molecule has 1 saturated carbocycles. The van der Waals surface area contributed by atoms with E-state index in [2.05, 4.69) is 4.72 Å². The van der Waals surface area contributed by atoms with Gasteiger partial charge in [-0.15, -0.1) is 0 Å². The normalized spacial score (nSPS) is 17.2. The monoisotopic (exact) mass is 346 g/mol. The van der Waals surface area contributed by atoms with E-state index in [9.17, 15) is 18.3 Å². The summed E-state index contributed by atoms with van der Waals surface area (Å²) in [4.78, 5) is 12.0. The van der Waals surface area contributed by atoms with E-state index < -0.39 is 21.5 Å². The number of carbonyl (C=O) groups is 1. The molecule has 2 aromatic carbocycles. The smallest absolute Gasteiger partial charge is 0.258 e. The largest absolute Gasteiger partial charge is 0.372 e. The summed E-state index contributed by atoms with van der Waals surface area (Å²) in [6.45, 7) is 0. The van der Waals surface area contributed by atoms with Crippen LogP contribution in [0.5, 0.6) is 0 Å². The molecule has 1 fully saturated rings. The van der Waals surface area contributed by atoms with Crippen molar-refractivity contribution in [2.24, 2.45) is 5.73 Å². The predicted octanol–water partition coefficient (Wildman–Crippen LogP) is 0.848. The van der Waals surface area contributed by atoms with Gasteiger partial charge in [-0.05, 0) is 36.1 Å². The van der Waals surface area contributed by atoms with E-state index in [-0.39, 0.29) is 22.1 Å². The van der Waals surface area contributed by atoms with E-state index in [0.717, 1.165) is 12.8 Å². The van der Waals surface area contributed by atoms with Crippen LogP contribution in [0.3, 0.4) is 0 Å². The van der Waals surface area contributed by atoms with Gasteiger partial charge in [0.15, 0.2) is 5.60 Å². The summed E-state index contributed by atoms with van der Waals surface area (Å²) in [5.41, 5.74) is 3.72. The molecule has 0 aliphatic heterocycles. The number of nitrogens with one attached hydrogen (secondary N) is 1. The van der Waals surface area contributed by atoms with Crippen LogP contribution in [0.1, 0.15) is 24.0 Å². The molecule has 0 heterocycles. The summed E-state index contributed by atoms with van der Waals surface area (Å²) in [5, 5.41) is 10.9. The summed E-state index contributed by atoms with van der Waals surface area (Å²) >= 11 is 0. The van der Waals surface area contributed by atoms with Crippen LogP contribution >= 0.6 is 0 Å². The average Bonchev–Trinajstić information content (AvgIpc) is 3.38. The standard InChI is InChI=1S/C17H18N2O4S/c18-16(20)17(21,12-5-2-1-3-6-12)13-7-4-8-15(11-13)24(22,23)19-14-9-10-14/h1-8,11,14,19,21H,9-10H2,(H2,18,20). The minimum Gasteiger partial charge on any atom is -0.372 e. The first-order valence-corrected chi connectivity index (χ1v) is 9.03. The zero-order valence-electron chi connectivity index (χ0n) is 12.8. The summed E-state index contributed by atoms with van der Waals surface area (Å²) < 4.78 is 27.3. The highest BCUT2D eigenvalue weighted by Gasteiger charge is 2.39. The lowest BCUT2D eigenvalue weighted by atomic mass is 9.86. The van der Waals surface area contributed by atoms with Gasteiger partial charge in [-0.25, -0.2) is 13.1 Å². The van der Waals surface area contributed by atoms with Crippen molar-refractivity contribution in [3.8, 4) is 0 Å². The van der Waals surface area contributed by atoms with Crippen molar-refractivity contribution in [3.05, 3.63) is 65.7 Å². The first kappa shape index (κ1) is 16.6. The maximum atomic E-state index is 12.4. The highest BCUT2D eigenvalue weighted by molar-refractivity contribution is 7.89. The SMILES string of the molecule is NC(=O)C(O)(c1ccccc1)c1cccc(S(=O)(=O)NC2CC2)c1. The van der Waals surface area contributed by atoms with E-state index in [1.54, 1.807) is 30.3 Å². The molecular weight excluding hydrogens is 328 g/mol. The Hall–Kier alpha value is -2.22. The molecule has 1 unspecified atom stereocenters. The number of nitrogens with two attached hydrogens (primary N) is 1. The highest BCUT2D eigenvalue weighted by Crippen LogP contribution is 2.31. The Balaban J connectivity index is 2.07. The second-order valence-corrected chi connectivity index (χ2v) is 7.58. The van der Waals surface area contributed by atoms with Crippen LogP contribution in [0.2, 0.25) is 0 Å². The molecule has 4 N–H and O–H groups in total. The Bertz CT molecular complexity index is 863. The van der Waals surface area contributed by atoms with Crippen molar-refractivity contribution in [1.82, 2.24) is 4.72 Å². The van der Waals surface area contributed by atoms with Gasteiger partial charge in [-0.1, -0.05) is 42.5 Å². The highest BCUT2D eigenvalue weighted by atomic mass is 32.2. The van der Waals surface area contributed by atoms with Crippen LogP contribution in [0.25, 0.3) is 0 Å². The lowest BCUT2D eigenvalue weighted by molar-refractivity contribution is -0.133. The molecule has 1 atom stereocenters. The van der Waals surface area contributed by atoms with Crippen LogP contribution < -0.4 is 10.5 Å². The van der Waals surface area contributed by atoms with Gasteiger partial charge in [-0.3, -0.25) is 4.79 Å². The third-order valence-electron chi connectivity index (χ3n) is 4.01. The molecule has 1 aliphatic rings. The molecule has 0 spiro atoms. The van der Waals surface area contributed by atoms with Crippen LogP contribution in [0.4, 0.5) is 0 Å². The Kier molecular flexibility index (Phi) is 4.16. The molecule has 1 aliphatic carbocycles. The zero-order valence-corrected chi connectivity index (χ0v) is 13.7. The summed E-state index contributed by atoms with van der Waals surface area (Å²) in [7, 11) is -3.70. The van der Waals surface area contributed by atoms with Gasteiger partial charge in [0, 0.05) is 6.04 Å². The van der Waals surface area contributed by atoms with E-state index in [0.29, 0.717) is 0 Å².